The van der Waals surface area contributed by atoms with Gasteiger partial charge in [0.1, 0.15) is 21.8 Å². The number of nitriles is 1. The summed E-state index contributed by atoms with van der Waals surface area (Å²) in [4.78, 5) is 30.9. The van der Waals surface area contributed by atoms with Crippen LogP contribution in [0.4, 0.5) is 5.82 Å². The molecule has 1 aromatic heterocycles. The van der Waals surface area contributed by atoms with Crippen LogP contribution < -0.4 is 10.5 Å². The maximum absolute atomic E-state index is 13.3. The summed E-state index contributed by atoms with van der Waals surface area (Å²) in [5.41, 5.74) is 1.36. The Labute approximate surface area is 200 Å². The molecule has 0 radical (unpaired) electrons. The van der Waals surface area contributed by atoms with Gasteiger partial charge >= 0.3 is 0 Å². The molecular weight excluding hydrogens is 440 g/mol. The fourth-order valence-corrected chi connectivity index (χ4v) is 5.85. The Morgan fingerprint density at radius 1 is 1.19 bits per heavy atom. The average Bonchev–Trinajstić information content (AvgIpc) is 2.91. The number of thiocarbonyl (C=S) groups is 1. The highest BCUT2D eigenvalue weighted by Gasteiger charge is 2.34. The predicted molar refractivity (Wildman–Crippen MR) is 136 cm³/mol. The molecule has 0 aromatic carbocycles. The van der Waals surface area contributed by atoms with E-state index in [2.05, 4.69) is 17.9 Å². The van der Waals surface area contributed by atoms with Crippen LogP contribution in [0.2, 0.25) is 0 Å². The van der Waals surface area contributed by atoms with Gasteiger partial charge in [-0.15, -0.1) is 0 Å². The topological polar surface area (TPSA) is 69.3 Å². The molecule has 1 amide bonds. The van der Waals surface area contributed by atoms with Gasteiger partial charge in [-0.1, -0.05) is 50.2 Å². The molecular formula is C24H32N4O2S2. The molecule has 0 N–H and O–H groups in total. The first kappa shape index (κ1) is 24.5. The highest BCUT2D eigenvalue weighted by molar-refractivity contribution is 8.26. The third kappa shape index (κ3) is 4.79. The van der Waals surface area contributed by atoms with E-state index in [4.69, 9.17) is 12.2 Å². The van der Waals surface area contributed by atoms with Crippen LogP contribution in [0.15, 0.2) is 9.70 Å². The van der Waals surface area contributed by atoms with Gasteiger partial charge in [0.15, 0.2) is 0 Å². The first-order valence-electron chi connectivity index (χ1n) is 11.5. The van der Waals surface area contributed by atoms with Crippen molar-refractivity contribution in [3.63, 3.8) is 0 Å². The number of unbranched alkanes of at least 4 members (excludes halogenated alkanes) is 1. The van der Waals surface area contributed by atoms with Gasteiger partial charge in [-0.05, 0) is 51.7 Å². The minimum Gasteiger partial charge on any atom is -0.357 e. The average molecular weight is 473 g/mol. The maximum atomic E-state index is 13.3. The van der Waals surface area contributed by atoms with Crippen molar-refractivity contribution in [1.29, 1.82) is 5.26 Å². The van der Waals surface area contributed by atoms with Crippen molar-refractivity contribution in [1.82, 2.24) is 9.47 Å². The van der Waals surface area contributed by atoms with Crippen molar-refractivity contribution in [2.75, 3.05) is 18.0 Å². The van der Waals surface area contributed by atoms with Crippen LogP contribution in [0, 0.1) is 18.3 Å². The fraction of sp³-hybridized carbons (Fsp3) is 0.583. The van der Waals surface area contributed by atoms with E-state index in [1.807, 2.05) is 26.8 Å². The number of aromatic nitrogens is 1. The molecule has 3 rings (SSSR count). The highest BCUT2D eigenvalue weighted by Crippen LogP contribution is 2.37. The molecule has 0 atom stereocenters. The molecule has 0 saturated carbocycles. The van der Waals surface area contributed by atoms with Gasteiger partial charge in [0, 0.05) is 31.2 Å². The normalized spacial score (nSPS) is 18.6. The van der Waals surface area contributed by atoms with Crippen molar-refractivity contribution in [3.05, 3.63) is 31.9 Å². The molecule has 8 heteroatoms. The number of carbonyl (C=O) groups is 1. The summed E-state index contributed by atoms with van der Waals surface area (Å²) in [6.45, 7) is 10.1. The second-order valence-electron chi connectivity index (χ2n) is 8.71. The summed E-state index contributed by atoms with van der Waals surface area (Å²) < 4.78 is 2.32. The summed E-state index contributed by atoms with van der Waals surface area (Å²) in [7, 11) is 0. The SMILES string of the molecule is CCCCn1c(N2CCCCCC2)c(/C=C2\SC(=S)N(C(C)C)C2=O)c(C)c(C#N)c1=O. The van der Waals surface area contributed by atoms with Crippen LogP contribution in [0.1, 0.15) is 76.0 Å². The Kier molecular flexibility index (Phi) is 8.18. The standard InChI is InChI=1S/C24H32N4O2S2/c1-5-6-13-27-21(26-11-9-7-8-10-12-26)18(17(4)19(15-25)22(27)29)14-20-23(30)28(16(2)3)24(31)32-20/h14,16H,5-13H2,1-4H3/b20-14-. The molecule has 0 bridgehead atoms. The van der Waals surface area contributed by atoms with Crippen LogP contribution in [0.25, 0.3) is 6.08 Å². The van der Waals surface area contributed by atoms with Crippen molar-refractivity contribution in [2.45, 2.75) is 78.8 Å². The number of anilines is 1. The van der Waals surface area contributed by atoms with Crippen molar-refractivity contribution in [2.24, 2.45) is 0 Å². The largest absolute Gasteiger partial charge is 0.357 e. The zero-order chi connectivity index (χ0) is 23.4. The van der Waals surface area contributed by atoms with Gasteiger partial charge in [-0.3, -0.25) is 19.1 Å². The molecule has 2 fully saturated rings. The summed E-state index contributed by atoms with van der Waals surface area (Å²) in [6.07, 6.45) is 8.14. The molecule has 32 heavy (non-hydrogen) atoms. The van der Waals surface area contributed by atoms with Gasteiger partial charge in [0.2, 0.25) is 0 Å². The zero-order valence-corrected chi connectivity index (χ0v) is 21.1. The summed E-state index contributed by atoms with van der Waals surface area (Å²) in [6, 6.07) is 2.11. The monoisotopic (exact) mass is 472 g/mol. The van der Waals surface area contributed by atoms with Gasteiger partial charge in [-0.25, -0.2) is 0 Å². The first-order chi connectivity index (χ1) is 15.3. The van der Waals surface area contributed by atoms with E-state index in [0.29, 0.717) is 21.3 Å². The quantitative estimate of drug-likeness (QED) is 0.437. The number of nitrogens with zero attached hydrogens (tertiary/aromatic N) is 4. The molecule has 1 aromatic rings. The van der Waals surface area contributed by atoms with Crippen molar-refractivity contribution < 1.29 is 4.79 Å². The van der Waals surface area contributed by atoms with Crippen LogP contribution >= 0.6 is 24.0 Å². The van der Waals surface area contributed by atoms with Crippen molar-refractivity contribution in [3.8, 4) is 6.07 Å². The molecule has 3 heterocycles. The van der Waals surface area contributed by atoms with E-state index in [1.54, 1.807) is 9.47 Å². The molecule has 0 aliphatic carbocycles. The van der Waals surface area contributed by atoms with E-state index < -0.39 is 0 Å². The van der Waals surface area contributed by atoms with E-state index >= 15 is 0 Å². The lowest BCUT2D eigenvalue weighted by Gasteiger charge is -2.29. The smallest absolute Gasteiger partial charge is 0.270 e. The number of rotatable bonds is 6. The lowest BCUT2D eigenvalue weighted by atomic mass is 10.0. The first-order valence-corrected chi connectivity index (χ1v) is 12.7. The molecule has 2 aliphatic rings. The molecule has 6 nitrogen and oxygen atoms in total. The Balaban J connectivity index is 2.26. The number of amides is 1. The number of hydrogen-bond acceptors (Lipinski definition) is 6. The van der Waals surface area contributed by atoms with Crippen LogP contribution in [0.3, 0.4) is 0 Å². The fourth-order valence-electron chi connectivity index (χ4n) is 4.35. The van der Waals surface area contributed by atoms with E-state index in [0.717, 1.165) is 50.2 Å². The van der Waals surface area contributed by atoms with Gasteiger partial charge in [-0.2, -0.15) is 5.26 Å². The highest BCUT2D eigenvalue weighted by atomic mass is 32.2. The Morgan fingerprint density at radius 2 is 1.84 bits per heavy atom. The molecule has 172 valence electrons. The summed E-state index contributed by atoms with van der Waals surface area (Å²) in [5, 5.41) is 9.79. The summed E-state index contributed by atoms with van der Waals surface area (Å²) in [5.74, 6) is 0.734. The molecule has 2 saturated heterocycles. The third-order valence-corrected chi connectivity index (χ3v) is 7.43. The lowest BCUT2D eigenvalue weighted by molar-refractivity contribution is -0.123. The van der Waals surface area contributed by atoms with Gasteiger partial charge < -0.3 is 4.90 Å². The predicted octanol–water partition coefficient (Wildman–Crippen LogP) is 4.82. The molecule has 0 spiro atoms. The zero-order valence-electron chi connectivity index (χ0n) is 19.4. The number of hydrogen-bond donors (Lipinski definition) is 0. The minimum absolute atomic E-state index is 0.0206. The van der Waals surface area contributed by atoms with E-state index in [-0.39, 0.29) is 23.1 Å². The maximum Gasteiger partial charge on any atom is 0.270 e. The second-order valence-corrected chi connectivity index (χ2v) is 10.4. The minimum atomic E-state index is -0.232. The van der Waals surface area contributed by atoms with E-state index in [9.17, 15) is 14.9 Å². The van der Waals surface area contributed by atoms with Gasteiger partial charge in [0.25, 0.3) is 11.5 Å². The third-order valence-electron chi connectivity index (χ3n) is 6.10. The van der Waals surface area contributed by atoms with Crippen LogP contribution in [-0.2, 0) is 11.3 Å². The number of pyridine rings is 1. The number of thioether (sulfide) groups is 1. The van der Waals surface area contributed by atoms with Crippen LogP contribution in [0.5, 0.6) is 0 Å². The molecule has 0 unspecified atom stereocenters. The summed E-state index contributed by atoms with van der Waals surface area (Å²) >= 11 is 6.75. The molecule has 2 aliphatic heterocycles. The Hall–Kier alpha value is -2.11. The van der Waals surface area contributed by atoms with Crippen molar-refractivity contribution >= 4 is 46.1 Å². The lowest BCUT2D eigenvalue weighted by Crippen LogP contribution is -2.35. The van der Waals surface area contributed by atoms with Crippen LogP contribution in [-0.4, -0.2) is 38.8 Å². The van der Waals surface area contributed by atoms with E-state index in [1.165, 1.54) is 24.6 Å². The number of carbonyl (C=O) groups excluding carboxylic acids is 1. The Morgan fingerprint density at radius 3 is 2.38 bits per heavy atom. The Bertz CT molecular complexity index is 1030. The second kappa shape index (κ2) is 10.7. The van der Waals surface area contributed by atoms with Gasteiger partial charge in [0.05, 0.1) is 4.91 Å².